The average molecular weight is 244 g/mol. The van der Waals surface area contributed by atoms with Crippen molar-refractivity contribution in [1.82, 2.24) is 10.6 Å². The Hall–Kier alpha value is -0.220. The molecule has 0 aliphatic carbocycles. The third-order valence-corrected chi connectivity index (χ3v) is 4.28. The standard InChI is InChI=1S/C12H24N2OS/c1-4-6-12(7-5-8-14-12)11(15)13-9-10(2)16-3/h10,14H,4-9H2,1-3H3,(H,13,15). The van der Waals surface area contributed by atoms with Crippen molar-refractivity contribution >= 4 is 17.7 Å². The summed E-state index contributed by atoms with van der Waals surface area (Å²) in [6.45, 7) is 6.03. The van der Waals surface area contributed by atoms with E-state index in [9.17, 15) is 4.79 Å². The van der Waals surface area contributed by atoms with Crippen LogP contribution in [0.2, 0.25) is 0 Å². The lowest BCUT2D eigenvalue weighted by Crippen LogP contribution is -2.54. The first-order chi connectivity index (χ1) is 7.64. The largest absolute Gasteiger partial charge is 0.353 e. The van der Waals surface area contributed by atoms with Crippen LogP contribution in [-0.4, -0.2) is 36.0 Å². The summed E-state index contributed by atoms with van der Waals surface area (Å²) in [7, 11) is 0. The van der Waals surface area contributed by atoms with E-state index < -0.39 is 0 Å². The molecule has 4 heteroatoms. The quantitative estimate of drug-likeness (QED) is 0.748. The van der Waals surface area contributed by atoms with E-state index in [-0.39, 0.29) is 11.4 Å². The van der Waals surface area contributed by atoms with Gasteiger partial charge >= 0.3 is 0 Å². The third kappa shape index (κ3) is 3.39. The Balaban J connectivity index is 2.48. The molecule has 1 fully saturated rings. The van der Waals surface area contributed by atoms with E-state index in [0.29, 0.717) is 5.25 Å². The highest BCUT2D eigenvalue weighted by Gasteiger charge is 2.39. The fourth-order valence-electron chi connectivity index (χ4n) is 2.24. The summed E-state index contributed by atoms with van der Waals surface area (Å²) >= 11 is 1.79. The molecule has 94 valence electrons. The molecule has 3 nitrogen and oxygen atoms in total. The van der Waals surface area contributed by atoms with Gasteiger partial charge in [0.2, 0.25) is 5.91 Å². The van der Waals surface area contributed by atoms with Crippen LogP contribution in [0.3, 0.4) is 0 Å². The number of rotatable bonds is 6. The number of nitrogens with one attached hydrogen (secondary N) is 2. The fourth-order valence-corrected chi connectivity index (χ4v) is 2.49. The van der Waals surface area contributed by atoms with Gasteiger partial charge in [-0.05, 0) is 32.1 Å². The minimum atomic E-state index is -0.271. The first kappa shape index (κ1) is 13.8. The summed E-state index contributed by atoms with van der Waals surface area (Å²) in [5, 5.41) is 6.96. The van der Waals surface area contributed by atoms with Gasteiger partial charge in [0.1, 0.15) is 0 Å². The Morgan fingerprint density at radius 1 is 1.62 bits per heavy atom. The summed E-state index contributed by atoms with van der Waals surface area (Å²) in [6, 6.07) is 0. The fraction of sp³-hybridized carbons (Fsp3) is 0.917. The first-order valence-corrected chi connectivity index (χ1v) is 7.49. The van der Waals surface area contributed by atoms with Crippen LogP contribution in [0, 0.1) is 0 Å². The second-order valence-corrected chi connectivity index (χ2v) is 5.89. The van der Waals surface area contributed by atoms with E-state index in [0.717, 1.165) is 38.8 Å². The zero-order valence-corrected chi connectivity index (χ0v) is 11.5. The van der Waals surface area contributed by atoms with Gasteiger partial charge in [-0.3, -0.25) is 4.79 Å². The summed E-state index contributed by atoms with van der Waals surface area (Å²) < 4.78 is 0. The lowest BCUT2D eigenvalue weighted by atomic mass is 9.91. The van der Waals surface area contributed by atoms with Gasteiger partial charge in [0.25, 0.3) is 0 Å². The first-order valence-electron chi connectivity index (χ1n) is 6.20. The van der Waals surface area contributed by atoms with E-state index in [1.165, 1.54) is 0 Å². The van der Waals surface area contributed by atoms with Crippen LogP contribution in [0.15, 0.2) is 0 Å². The van der Waals surface area contributed by atoms with Crippen molar-refractivity contribution in [3.05, 3.63) is 0 Å². The Labute approximate surface area is 103 Å². The summed E-state index contributed by atoms with van der Waals surface area (Å²) in [6.07, 6.45) is 6.18. The number of thioether (sulfide) groups is 1. The van der Waals surface area contributed by atoms with Gasteiger partial charge in [0, 0.05) is 11.8 Å². The molecule has 0 aromatic rings. The Morgan fingerprint density at radius 3 is 2.88 bits per heavy atom. The topological polar surface area (TPSA) is 41.1 Å². The monoisotopic (exact) mass is 244 g/mol. The summed E-state index contributed by atoms with van der Waals surface area (Å²) in [4.78, 5) is 12.2. The molecule has 2 N–H and O–H groups in total. The normalized spacial score (nSPS) is 26.7. The van der Waals surface area contributed by atoms with Crippen molar-refractivity contribution < 1.29 is 4.79 Å². The molecule has 0 bridgehead atoms. The zero-order chi connectivity index (χ0) is 12.0. The maximum atomic E-state index is 12.2. The van der Waals surface area contributed by atoms with Gasteiger partial charge in [-0.15, -0.1) is 0 Å². The van der Waals surface area contributed by atoms with E-state index in [4.69, 9.17) is 0 Å². The Bertz CT molecular complexity index is 227. The number of amides is 1. The molecule has 1 amide bonds. The molecule has 0 radical (unpaired) electrons. The van der Waals surface area contributed by atoms with Crippen LogP contribution in [0.4, 0.5) is 0 Å². The van der Waals surface area contributed by atoms with Crippen molar-refractivity contribution in [2.75, 3.05) is 19.3 Å². The molecule has 0 saturated carbocycles. The predicted molar refractivity (Wildman–Crippen MR) is 70.9 cm³/mol. The van der Waals surface area contributed by atoms with E-state index >= 15 is 0 Å². The molecular formula is C12H24N2OS. The lowest BCUT2D eigenvalue weighted by molar-refractivity contribution is -0.127. The maximum absolute atomic E-state index is 12.2. The highest BCUT2D eigenvalue weighted by molar-refractivity contribution is 7.99. The predicted octanol–water partition coefficient (Wildman–Crippen LogP) is 1.78. The van der Waals surface area contributed by atoms with Crippen LogP contribution in [0.25, 0.3) is 0 Å². The highest BCUT2D eigenvalue weighted by Crippen LogP contribution is 2.24. The maximum Gasteiger partial charge on any atom is 0.240 e. The van der Waals surface area contributed by atoms with Crippen molar-refractivity contribution in [2.45, 2.75) is 50.3 Å². The smallest absolute Gasteiger partial charge is 0.240 e. The number of hydrogen-bond donors (Lipinski definition) is 2. The minimum absolute atomic E-state index is 0.202. The van der Waals surface area contributed by atoms with Crippen LogP contribution in [-0.2, 0) is 4.79 Å². The minimum Gasteiger partial charge on any atom is -0.353 e. The third-order valence-electron chi connectivity index (χ3n) is 3.31. The highest BCUT2D eigenvalue weighted by atomic mass is 32.2. The molecule has 2 atom stereocenters. The SMILES string of the molecule is CCCC1(C(=O)NCC(C)SC)CCCN1. The number of carbonyl (C=O) groups is 1. The molecule has 0 aromatic carbocycles. The van der Waals surface area contributed by atoms with Gasteiger partial charge < -0.3 is 10.6 Å². The molecule has 1 aliphatic heterocycles. The van der Waals surface area contributed by atoms with E-state index in [1.54, 1.807) is 11.8 Å². The van der Waals surface area contributed by atoms with Crippen LogP contribution in [0.1, 0.15) is 39.5 Å². The van der Waals surface area contributed by atoms with E-state index in [2.05, 4.69) is 30.7 Å². The van der Waals surface area contributed by atoms with Gasteiger partial charge in [0.05, 0.1) is 5.54 Å². The summed E-state index contributed by atoms with van der Waals surface area (Å²) in [5.74, 6) is 0.202. The van der Waals surface area contributed by atoms with Crippen molar-refractivity contribution in [1.29, 1.82) is 0 Å². The van der Waals surface area contributed by atoms with Gasteiger partial charge in [0.15, 0.2) is 0 Å². The number of carbonyl (C=O) groups excluding carboxylic acids is 1. The molecule has 2 unspecified atom stereocenters. The average Bonchev–Trinajstić information content (AvgIpc) is 2.75. The zero-order valence-electron chi connectivity index (χ0n) is 10.6. The van der Waals surface area contributed by atoms with Gasteiger partial charge in [-0.25, -0.2) is 0 Å². The molecule has 1 aliphatic rings. The second-order valence-electron chi connectivity index (χ2n) is 4.62. The Kier molecular flexibility index (Phi) is 5.62. The summed E-state index contributed by atoms with van der Waals surface area (Å²) in [5.41, 5.74) is -0.271. The molecule has 1 rings (SSSR count). The molecule has 1 saturated heterocycles. The molecule has 0 spiro atoms. The van der Waals surface area contributed by atoms with Crippen LogP contribution >= 0.6 is 11.8 Å². The molecule has 0 aromatic heterocycles. The van der Waals surface area contributed by atoms with Crippen molar-refractivity contribution in [3.63, 3.8) is 0 Å². The number of hydrogen-bond acceptors (Lipinski definition) is 3. The van der Waals surface area contributed by atoms with Gasteiger partial charge in [-0.1, -0.05) is 20.3 Å². The van der Waals surface area contributed by atoms with Gasteiger partial charge in [-0.2, -0.15) is 11.8 Å². The molecule has 1 heterocycles. The van der Waals surface area contributed by atoms with Crippen molar-refractivity contribution in [3.8, 4) is 0 Å². The van der Waals surface area contributed by atoms with Crippen LogP contribution in [0.5, 0.6) is 0 Å². The van der Waals surface area contributed by atoms with Crippen LogP contribution < -0.4 is 10.6 Å². The Morgan fingerprint density at radius 2 is 2.38 bits per heavy atom. The molecule has 16 heavy (non-hydrogen) atoms. The second kappa shape index (κ2) is 6.50. The van der Waals surface area contributed by atoms with Crippen molar-refractivity contribution in [2.24, 2.45) is 0 Å². The van der Waals surface area contributed by atoms with E-state index in [1.807, 2.05) is 0 Å². The lowest BCUT2D eigenvalue weighted by Gasteiger charge is -2.28. The molecular weight excluding hydrogens is 220 g/mol.